The van der Waals surface area contributed by atoms with Crippen molar-refractivity contribution in [1.29, 1.82) is 0 Å². The van der Waals surface area contributed by atoms with Gasteiger partial charge in [-0.1, -0.05) is 41.7 Å². The number of amides is 1. The first-order chi connectivity index (χ1) is 15.4. The maximum atomic E-state index is 12.9. The van der Waals surface area contributed by atoms with Crippen LogP contribution >= 0.6 is 11.3 Å². The van der Waals surface area contributed by atoms with Crippen LogP contribution in [0.2, 0.25) is 0 Å². The molecule has 1 N–H and O–H groups in total. The highest BCUT2D eigenvalue weighted by Crippen LogP contribution is 2.27. The van der Waals surface area contributed by atoms with Gasteiger partial charge in [0.25, 0.3) is 15.9 Å². The zero-order valence-electron chi connectivity index (χ0n) is 17.5. The normalized spacial score (nSPS) is 12.1. The molecule has 9 heteroatoms. The molecule has 164 valence electrons. The maximum Gasteiger partial charge on any atom is 0.279 e. The molecule has 4 rings (SSSR count). The van der Waals surface area contributed by atoms with Crippen molar-refractivity contribution < 1.29 is 17.9 Å². The van der Waals surface area contributed by atoms with Crippen molar-refractivity contribution in [2.24, 2.45) is 4.99 Å². The van der Waals surface area contributed by atoms with Gasteiger partial charge in [-0.05, 0) is 49.4 Å². The first-order valence-electron chi connectivity index (χ1n) is 9.86. The van der Waals surface area contributed by atoms with E-state index < -0.39 is 15.9 Å². The van der Waals surface area contributed by atoms with Crippen molar-refractivity contribution >= 4 is 43.2 Å². The van der Waals surface area contributed by atoms with E-state index in [1.165, 1.54) is 29.5 Å². The molecule has 0 atom stereocenters. The second-order valence-electron chi connectivity index (χ2n) is 6.85. The molecule has 0 bridgehead atoms. The van der Waals surface area contributed by atoms with Gasteiger partial charge in [-0.25, -0.2) is 8.42 Å². The first-order valence-corrected chi connectivity index (χ1v) is 12.2. The molecule has 0 fully saturated rings. The van der Waals surface area contributed by atoms with Crippen LogP contribution in [0.4, 0.5) is 5.69 Å². The van der Waals surface area contributed by atoms with E-state index >= 15 is 0 Å². The van der Waals surface area contributed by atoms with E-state index in [4.69, 9.17) is 4.74 Å². The van der Waals surface area contributed by atoms with Crippen LogP contribution in [-0.2, 0) is 16.6 Å². The number of benzene rings is 3. The number of thiazole rings is 1. The summed E-state index contributed by atoms with van der Waals surface area (Å²) < 4.78 is 36.0. The largest absolute Gasteiger partial charge is 0.495 e. The fraction of sp³-hybridized carbons (Fsp3) is 0.130. The van der Waals surface area contributed by atoms with Gasteiger partial charge >= 0.3 is 0 Å². The zero-order valence-corrected chi connectivity index (χ0v) is 19.1. The van der Waals surface area contributed by atoms with E-state index in [-0.39, 0.29) is 16.1 Å². The van der Waals surface area contributed by atoms with Crippen LogP contribution in [0, 0.1) is 0 Å². The highest BCUT2D eigenvalue weighted by atomic mass is 32.2. The van der Waals surface area contributed by atoms with Gasteiger partial charge < -0.3 is 9.30 Å². The first kappa shape index (κ1) is 21.8. The van der Waals surface area contributed by atoms with Crippen LogP contribution in [0.5, 0.6) is 5.75 Å². The van der Waals surface area contributed by atoms with E-state index in [0.29, 0.717) is 17.1 Å². The number of methoxy groups -OCH3 is 1. The summed E-state index contributed by atoms with van der Waals surface area (Å²) in [6.45, 7) is 2.59. The number of aromatic nitrogens is 1. The zero-order chi connectivity index (χ0) is 22.7. The van der Waals surface area contributed by atoms with Gasteiger partial charge in [-0.3, -0.25) is 9.52 Å². The molecule has 0 unspecified atom stereocenters. The molecular weight excluding hydrogens is 446 g/mol. The third-order valence-corrected chi connectivity index (χ3v) is 7.25. The Balaban J connectivity index is 1.69. The Labute approximate surface area is 189 Å². The summed E-state index contributed by atoms with van der Waals surface area (Å²) in [5.41, 5.74) is 1.46. The minimum Gasteiger partial charge on any atom is -0.495 e. The number of para-hydroxylation sites is 1. The topological polar surface area (TPSA) is 89.8 Å². The molecule has 0 radical (unpaired) electrons. The Kier molecular flexibility index (Phi) is 6.11. The SMILES string of the molecule is CCn1c(=NC(=O)c2cccc(NS(=O)(=O)c3ccccc3)c2)sc2cccc(OC)c21. The number of nitrogens with one attached hydrogen (secondary N) is 1. The van der Waals surface area contributed by atoms with Crippen molar-refractivity contribution in [3.05, 3.63) is 83.2 Å². The fourth-order valence-electron chi connectivity index (χ4n) is 3.32. The Morgan fingerprint density at radius 2 is 1.81 bits per heavy atom. The van der Waals surface area contributed by atoms with Crippen molar-refractivity contribution in [2.75, 3.05) is 11.8 Å². The minimum absolute atomic E-state index is 0.143. The Hall–Kier alpha value is -3.43. The van der Waals surface area contributed by atoms with E-state index in [1.54, 1.807) is 43.5 Å². The molecule has 3 aromatic carbocycles. The second kappa shape index (κ2) is 8.97. The maximum absolute atomic E-state index is 12.9. The summed E-state index contributed by atoms with van der Waals surface area (Å²) >= 11 is 1.40. The molecule has 0 saturated heterocycles. The quantitative estimate of drug-likeness (QED) is 0.459. The van der Waals surface area contributed by atoms with Gasteiger partial charge in [0.15, 0.2) is 4.80 Å². The van der Waals surface area contributed by atoms with Crippen LogP contribution < -0.4 is 14.3 Å². The Morgan fingerprint density at radius 1 is 1.06 bits per heavy atom. The number of hydrogen-bond donors (Lipinski definition) is 1. The minimum atomic E-state index is -3.76. The molecular formula is C23H21N3O4S2. The highest BCUT2D eigenvalue weighted by Gasteiger charge is 2.15. The number of aryl methyl sites for hydroxylation is 1. The van der Waals surface area contributed by atoms with Crippen molar-refractivity contribution in [2.45, 2.75) is 18.4 Å². The average molecular weight is 468 g/mol. The number of hydrogen-bond acceptors (Lipinski definition) is 5. The fourth-order valence-corrected chi connectivity index (χ4v) is 5.50. The number of ether oxygens (including phenoxy) is 1. The van der Waals surface area contributed by atoms with E-state index in [0.717, 1.165) is 10.2 Å². The van der Waals surface area contributed by atoms with Crippen LogP contribution in [0.15, 0.2) is 82.7 Å². The molecule has 0 spiro atoms. The number of carbonyl (C=O) groups excluding carboxylic acids is 1. The summed E-state index contributed by atoms with van der Waals surface area (Å²) in [4.78, 5) is 17.9. The molecule has 0 aliphatic carbocycles. The summed E-state index contributed by atoms with van der Waals surface area (Å²) in [7, 11) is -2.15. The second-order valence-corrected chi connectivity index (χ2v) is 9.54. The third kappa shape index (κ3) is 4.30. The van der Waals surface area contributed by atoms with Crippen LogP contribution in [-0.4, -0.2) is 26.0 Å². The number of sulfonamides is 1. The molecule has 0 aliphatic heterocycles. The van der Waals surface area contributed by atoms with Gasteiger partial charge in [0, 0.05) is 17.8 Å². The van der Waals surface area contributed by atoms with E-state index in [2.05, 4.69) is 9.71 Å². The Bertz CT molecular complexity index is 1460. The summed E-state index contributed by atoms with van der Waals surface area (Å²) in [6, 6.07) is 20.1. The number of carbonyl (C=O) groups is 1. The van der Waals surface area contributed by atoms with E-state index in [1.807, 2.05) is 29.7 Å². The van der Waals surface area contributed by atoms with Gasteiger partial charge in [0.05, 0.1) is 16.7 Å². The van der Waals surface area contributed by atoms with Gasteiger partial charge in [0.1, 0.15) is 11.3 Å². The van der Waals surface area contributed by atoms with E-state index in [9.17, 15) is 13.2 Å². The highest BCUT2D eigenvalue weighted by molar-refractivity contribution is 7.92. The summed E-state index contributed by atoms with van der Waals surface area (Å²) in [6.07, 6.45) is 0. The predicted octanol–water partition coefficient (Wildman–Crippen LogP) is 4.27. The lowest BCUT2D eigenvalue weighted by Crippen LogP contribution is -2.16. The Morgan fingerprint density at radius 3 is 2.53 bits per heavy atom. The molecule has 4 aromatic rings. The lowest BCUT2D eigenvalue weighted by Gasteiger charge is -2.08. The van der Waals surface area contributed by atoms with Crippen LogP contribution in [0.1, 0.15) is 17.3 Å². The lowest BCUT2D eigenvalue weighted by molar-refractivity contribution is 0.0998. The van der Waals surface area contributed by atoms with Crippen LogP contribution in [0.25, 0.3) is 10.2 Å². The summed E-state index contributed by atoms with van der Waals surface area (Å²) in [5, 5.41) is 0. The molecule has 1 amide bonds. The van der Waals surface area contributed by atoms with Crippen molar-refractivity contribution in [3.8, 4) is 5.75 Å². The lowest BCUT2D eigenvalue weighted by atomic mass is 10.2. The summed E-state index contributed by atoms with van der Waals surface area (Å²) in [5.74, 6) is 0.255. The van der Waals surface area contributed by atoms with Crippen molar-refractivity contribution in [3.63, 3.8) is 0 Å². The molecule has 0 saturated carbocycles. The molecule has 7 nitrogen and oxygen atoms in total. The number of fused-ring (bicyclic) bond motifs is 1. The number of nitrogens with zero attached hydrogens (tertiary/aromatic N) is 2. The van der Waals surface area contributed by atoms with Crippen molar-refractivity contribution in [1.82, 2.24) is 4.57 Å². The van der Waals surface area contributed by atoms with Gasteiger partial charge in [-0.15, -0.1) is 0 Å². The smallest absolute Gasteiger partial charge is 0.279 e. The molecule has 32 heavy (non-hydrogen) atoms. The standard InChI is InChI=1S/C23H21N3O4S2/c1-3-26-21-19(30-2)13-8-14-20(21)31-23(26)24-22(27)16-9-7-10-17(15-16)25-32(28,29)18-11-5-4-6-12-18/h4-15,25H,3H2,1-2H3. The monoisotopic (exact) mass is 467 g/mol. The van der Waals surface area contributed by atoms with Gasteiger partial charge in [-0.2, -0.15) is 4.99 Å². The van der Waals surface area contributed by atoms with Crippen LogP contribution in [0.3, 0.4) is 0 Å². The molecule has 1 aromatic heterocycles. The number of rotatable bonds is 6. The van der Waals surface area contributed by atoms with Gasteiger partial charge in [0.2, 0.25) is 0 Å². The predicted molar refractivity (Wildman–Crippen MR) is 126 cm³/mol. The molecule has 1 heterocycles. The third-order valence-electron chi connectivity index (χ3n) is 4.81. The number of anilines is 1. The average Bonchev–Trinajstić information content (AvgIpc) is 3.16. The molecule has 0 aliphatic rings.